The average molecular weight is 341 g/mol. The smallest absolute Gasteiger partial charge is 0.242 e. The Labute approximate surface area is 139 Å². The molecular formula is C16H27N3O3S. The molecule has 23 heavy (non-hydrogen) atoms. The molecule has 0 aliphatic carbocycles. The van der Waals surface area contributed by atoms with E-state index in [0.29, 0.717) is 0 Å². The maximum Gasteiger partial charge on any atom is 0.242 e. The summed E-state index contributed by atoms with van der Waals surface area (Å²) in [6.07, 6.45) is 3.46. The zero-order chi connectivity index (χ0) is 17.0. The Morgan fingerprint density at radius 1 is 1.35 bits per heavy atom. The highest BCUT2D eigenvalue weighted by Gasteiger charge is 2.24. The van der Waals surface area contributed by atoms with Gasteiger partial charge in [-0.25, -0.2) is 18.1 Å². The van der Waals surface area contributed by atoms with Gasteiger partial charge in [-0.15, -0.1) is 0 Å². The van der Waals surface area contributed by atoms with E-state index in [0.717, 1.165) is 31.7 Å². The van der Waals surface area contributed by atoms with Crippen molar-refractivity contribution in [3.05, 3.63) is 18.3 Å². The van der Waals surface area contributed by atoms with Crippen molar-refractivity contribution >= 4 is 15.8 Å². The maximum absolute atomic E-state index is 12.3. The summed E-state index contributed by atoms with van der Waals surface area (Å²) < 4.78 is 33.0. The van der Waals surface area contributed by atoms with Gasteiger partial charge in [0, 0.05) is 25.3 Å². The molecule has 2 heterocycles. The second-order valence-electron chi connectivity index (χ2n) is 6.33. The van der Waals surface area contributed by atoms with Gasteiger partial charge in [0.05, 0.1) is 12.2 Å². The standard InChI is InChI=1S/C16H27N3O3S/c1-5-6-12(2)18-23(20,21)15-7-8-16(17-9-15)19-10-13(3)22-14(4)11-19/h7-9,12-14,18H,5-6,10-11H2,1-4H3/t12-,13-,14-/m0/s1. The van der Waals surface area contributed by atoms with Crippen molar-refractivity contribution in [1.82, 2.24) is 9.71 Å². The van der Waals surface area contributed by atoms with E-state index in [4.69, 9.17) is 4.74 Å². The van der Waals surface area contributed by atoms with E-state index in [1.165, 1.54) is 6.20 Å². The molecule has 0 saturated carbocycles. The number of hydrogen-bond donors (Lipinski definition) is 1. The summed E-state index contributed by atoms with van der Waals surface area (Å²) >= 11 is 0. The Bertz CT molecular complexity index is 594. The molecule has 7 heteroatoms. The third kappa shape index (κ3) is 4.89. The molecule has 1 aliphatic heterocycles. The van der Waals surface area contributed by atoms with Crippen LogP contribution < -0.4 is 9.62 Å². The minimum atomic E-state index is -3.51. The van der Waals surface area contributed by atoms with E-state index in [1.807, 2.05) is 27.7 Å². The van der Waals surface area contributed by atoms with Crippen LogP contribution in [0.2, 0.25) is 0 Å². The molecule has 1 N–H and O–H groups in total. The quantitative estimate of drug-likeness (QED) is 0.858. The first-order chi connectivity index (χ1) is 10.8. The van der Waals surface area contributed by atoms with E-state index in [2.05, 4.69) is 14.6 Å². The van der Waals surface area contributed by atoms with Gasteiger partial charge < -0.3 is 9.64 Å². The number of rotatable bonds is 6. The summed E-state index contributed by atoms with van der Waals surface area (Å²) in [6, 6.07) is 3.31. The van der Waals surface area contributed by atoms with Crippen LogP contribution in [0, 0.1) is 0 Å². The average Bonchev–Trinajstić information content (AvgIpc) is 2.46. The van der Waals surface area contributed by atoms with E-state index in [-0.39, 0.29) is 23.1 Å². The predicted molar refractivity (Wildman–Crippen MR) is 91.2 cm³/mol. The third-order valence-electron chi connectivity index (χ3n) is 3.85. The molecule has 130 valence electrons. The van der Waals surface area contributed by atoms with Crippen molar-refractivity contribution in [2.24, 2.45) is 0 Å². The molecule has 0 unspecified atom stereocenters. The summed E-state index contributed by atoms with van der Waals surface area (Å²) in [5, 5.41) is 0. The number of nitrogens with zero attached hydrogens (tertiary/aromatic N) is 2. The number of ether oxygens (including phenoxy) is 1. The van der Waals surface area contributed by atoms with E-state index < -0.39 is 10.0 Å². The Kier molecular flexibility index (Phi) is 6.00. The van der Waals surface area contributed by atoms with Crippen LogP contribution in [0.3, 0.4) is 0 Å². The Balaban J connectivity index is 2.09. The Hall–Kier alpha value is -1.18. The van der Waals surface area contributed by atoms with Gasteiger partial charge in [-0.3, -0.25) is 0 Å². The maximum atomic E-state index is 12.3. The summed E-state index contributed by atoms with van der Waals surface area (Å²) in [6.45, 7) is 9.48. The zero-order valence-corrected chi connectivity index (χ0v) is 15.1. The van der Waals surface area contributed by atoms with Gasteiger partial charge in [-0.1, -0.05) is 13.3 Å². The lowest BCUT2D eigenvalue weighted by molar-refractivity contribution is -0.00546. The zero-order valence-electron chi connectivity index (χ0n) is 14.3. The van der Waals surface area contributed by atoms with E-state index >= 15 is 0 Å². The van der Waals surface area contributed by atoms with Crippen LogP contribution >= 0.6 is 0 Å². The second kappa shape index (κ2) is 7.59. The number of pyridine rings is 1. The lowest BCUT2D eigenvalue weighted by atomic mass is 10.2. The first kappa shape index (κ1) is 18.2. The van der Waals surface area contributed by atoms with Crippen molar-refractivity contribution in [2.75, 3.05) is 18.0 Å². The van der Waals surface area contributed by atoms with Gasteiger partial charge >= 0.3 is 0 Å². The summed E-state index contributed by atoms with van der Waals surface area (Å²) in [5.41, 5.74) is 0. The molecule has 3 atom stereocenters. The monoisotopic (exact) mass is 341 g/mol. The molecule has 0 bridgehead atoms. The number of sulfonamides is 1. The van der Waals surface area contributed by atoms with Crippen LogP contribution in [-0.4, -0.2) is 44.7 Å². The van der Waals surface area contributed by atoms with Crippen LogP contribution in [0.4, 0.5) is 5.82 Å². The molecule has 0 spiro atoms. The molecule has 2 rings (SSSR count). The van der Waals surface area contributed by atoms with Crippen LogP contribution in [0.1, 0.15) is 40.5 Å². The molecule has 6 nitrogen and oxygen atoms in total. The van der Waals surface area contributed by atoms with Crippen LogP contribution in [-0.2, 0) is 14.8 Å². The number of hydrogen-bond acceptors (Lipinski definition) is 5. The minimum Gasteiger partial charge on any atom is -0.372 e. The first-order valence-electron chi connectivity index (χ1n) is 8.20. The van der Waals surface area contributed by atoms with Crippen molar-refractivity contribution in [3.63, 3.8) is 0 Å². The molecular weight excluding hydrogens is 314 g/mol. The topological polar surface area (TPSA) is 71.5 Å². The molecule has 0 radical (unpaired) electrons. The number of anilines is 1. The van der Waals surface area contributed by atoms with E-state index in [9.17, 15) is 8.42 Å². The van der Waals surface area contributed by atoms with Crippen LogP contribution in [0.5, 0.6) is 0 Å². The van der Waals surface area contributed by atoms with Crippen molar-refractivity contribution in [2.45, 2.75) is 63.7 Å². The first-order valence-corrected chi connectivity index (χ1v) is 9.69. The molecule has 1 aromatic rings. The number of aromatic nitrogens is 1. The molecule has 1 aromatic heterocycles. The summed E-state index contributed by atoms with van der Waals surface area (Å²) in [5.74, 6) is 0.785. The second-order valence-corrected chi connectivity index (χ2v) is 8.04. The van der Waals surface area contributed by atoms with Gasteiger partial charge in [-0.2, -0.15) is 0 Å². The number of nitrogens with one attached hydrogen (secondary N) is 1. The fraction of sp³-hybridized carbons (Fsp3) is 0.688. The lowest BCUT2D eigenvalue weighted by Crippen LogP contribution is -2.45. The van der Waals surface area contributed by atoms with Crippen molar-refractivity contribution in [1.29, 1.82) is 0 Å². The minimum absolute atomic E-state index is 0.0781. The fourth-order valence-corrected chi connectivity index (χ4v) is 4.13. The van der Waals surface area contributed by atoms with Gasteiger partial charge in [-0.05, 0) is 39.3 Å². The van der Waals surface area contributed by atoms with Gasteiger partial charge in [0.1, 0.15) is 10.7 Å². The molecule has 1 aliphatic rings. The highest BCUT2D eigenvalue weighted by molar-refractivity contribution is 7.89. The van der Waals surface area contributed by atoms with Gasteiger partial charge in [0.25, 0.3) is 0 Å². The van der Waals surface area contributed by atoms with Crippen molar-refractivity contribution in [3.8, 4) is 0 Å². The van der Waals surface area contributed by atoms with Crippen molar-refractivity contribution < 1.29 is 13.2 Å². The number of morpholine rings is 1. The van der Waals surface area contributed by atoms with Crippen LogP contribution in [0.15, 0.2) is 23.2 Å². The van der Waals surface area contributed by atoms with Gasteiger partial charge in [0.2, 0.25) is 10.0 Å². The lowest BCUT2D eigenvalue weighted by Gasteiger charge is -2.36. The third-order valence-corrected chi connectivity index (χ3v) is 5.43. The van der Waals surface area contributed by atoms with Crippen LogP contribution in [0.25, 0.3) is 0 Å². The highest BCUT2D eigenvalue weighted by atomic mass is 32.2. The fourth-order valence-electron chi connectivity index (χ4n) is 2.91. The highest BCUT2D eigenvalue weighted by Crippen LogP contribution is 2.20. The van der Waals surface area contributed by atoms with E-state index in [1.54, 1.807) is 12.1 Å². The summed E-state index contributed by atoms with van der Waals surface area (Å²) in [7, 11) is -3.51. The SMILES string of the molecule is CCC[C@H](C)NS(=O)(=O)c1ccc(N2C[C@H](C)O[C@@H](C)C2)nc1. The molecule has 1 fully saturated rings. The molecule has 1 saturated heterocycles. The Morgan fingerprint density at radius 3 is 2.52 bits per heavy atom. The normalized spacial score (nSPS) is 23.7. The summed E-state index contributed by atoms with van der Waals surface area (Å²) in [4.78, 5) is 6.68. The predicted octanol–water partition coefficient (Wildman–Crippen LogP) is 2.16. The largest absolute Gasteiger partial charge is 0.372 e. The molecule has 0 amide bonds. The van der Waals surface area contributed by atoms with Gasteiger partial charge in [0.15, 0.2) is 0 Å². The molecule has 0 aromatic carbocycles. The Morgan fingerprint density at radius 2 is 2.00 bits per heavy atom.